The van der Waals surface area contributed by atoms with Gasteiger partial charge in [-0.1, -0.05) is 30.3 Å². The fraction of sp³-hybridized carbons (Fsp3) is 0.565. The Morgan fingerprint density at radius 2 is 2.03 bits per heavy atom. The molecule has 0 spiro atoms. The van der Waals surface area contributed by atoms with Gasteiger partial charge in [-0.15, -0.1) is 12.4 Å². The van der Waals surface area contributed by atoms with E-state index in [9.17, 15) is 4.79 Å². The molecule has 3 unspecified atom stereocenters. The molecule has 4 rings (SSSR count). The summed E-state index contributed by atoms with van der Waals surface area (Å²) < 4.78 is 1.97. The van der Waals surface area contributed by atoms with Gasteiger partial charge in [0.15, 0.2) is 0 Å². The van der Waals surface area contributed by atoms with E-state index in [1.165, 1.54) is 5.56 Å². The maximum absolute atomic E-state index is 13.0. The molecular weight excluding hydrogens is 398 g/mol. The van der Waals surface area contributed by atoms with Gasteiger partial charge < -0.3 is 10.2 Å². The molecular formula is C23H34ClN5O. The zero-order chi connectivity index (χ0) is 20.2. The largest absolute Gasteiger partial charge is 0.337 e. The SMILES string of the molecule is CC1CC(N(C)C(=O)c2ccn(C3CCCNC3)n2)CCN1Cc1ccccc1.Cl. The third-order valence-corrected chi connectivity index (χ3v) is 6.56. The van der Waals surface area contributed by atoms with Gasteiger partial charge in [0.05, 0.1) is 6.04 Å². The summed E-state index contributed by atoms with van der Waals surface area (Å²) in [5, 5.41) is 8.03. The Balaban J connectivity index is 0.00000256. The number of carbonyl (C=O) groups excluding carboxylic acids is 1. The Morgan fingerprint density at radius 3 is 2.73 bits per heavy atom. The van der Waals surface area contributed by atoms with Crippen LogP contribution in [0.1, 0.15) is 54.7 Å². The molecule has 0 radical (unpaired) electrons. The van der Waals surface area contributed by atoms with Crippen LogP contribution < -0.4 is 5.32 Å². The first kappa shape index (κ1) is 22.8. The van der Waals surface area contributed by atoms with Gasteiger partial charge in [0, 0.05) is 45.0 Å². The van der Waals surface area contributed by atoms with Crippen LogP contribution in [0.4, 0.5) is 0 Å². The minimum Gasteiger partial charge on any atom is -0.337 e. The molecule has 6 nitrogen and oxygen atoms in total. The molecule has 3 atom stereocenters. The van der Waals surface area contributed by atoms with Gasteiger partial charge in [-0.05, 0) is 50.8 Å². The summed E-state index contributed by atoms with van der Waals surface area (Å²) in [6, 6.07) is 13.6. The summed E-state index contributed by atoms with van der Waals surface area (Å²) >= 11 is 0. The summed E-state index contributed by atoms with van der Waals surface area (Å²) in [5.41, 5.74) is 1.92. The van der Waals surface area contributed by atoms with Gasteiger partial charge in [0.1, 0.15) is 5.69 Å². The second-order valence-electron chi connectivity index (χ2n) is 8.58. The highest BCUT2D eigenvalue weighted by Crippen LogP contribution is 2.24. The average molecular weight is 432 g/mol. The molecule has 1 N–H and O–H groups in total. The van der Waals surface area contributed by atoms with Gasteiger partial charge in [-0.2, -0.15) is 5.10 Å². The van der Waals surface area contributed by atoms with Crippen molar-refractivity contribution in [3.63, 3.8) is 0 Å². The zero-order valence-electron chi connectivity index (χ0n) is 18.0. The molecule has 2 aliphatic heterocycles. The van der Waals surface area contributed by atoms with Crippen LogP contribution in [-0.4, -0.2) is 64.3 Å². The lowest BCUT2D eigenvalue weighted by Crippen LogP contribution is -2.49. The van der Waals surface area contributed by atoms with Crippen molar-refractivity contribution in [1.29, 1.82) is 0 Å². The van der Waals surface area contributed by atoms with Crippen molar-refractivity contribution in [3.8, 4) is 0 Å². The Kier molecular flexibility index (Phi) is 7.92. The van der Waals surface area contributed by atoms with Crippen LogP contribution in [0.5, 0.6) is 0 Å². The quantitative estimate of drug-likeness (QED) is 0.788. The molecule has 2 saturated heterocycles. The van der Waals surface area contributed by atoms with E-state index >= 15 is 0 Å². The van der Waals surface area contributed by atoms with Crippen LogP contribution in [0.2, 0.25) is 0 Å². The number of benzene rings is 1. The number of hydrogen-bond acceptors (Lipinski definition) is 4. The minimum absolute atomic E-state index is 0. The standard InChI is InChI=1S/C23H33N5O.ClH/c1-18-15-20(10-13-27(18)17-19-7-4-3-5-8-19)26(2)23(29)22-11-14-28(25-22)21-9-6-12-24-16-21;/h3-5,7-8,11,14,18,20-21,24H,6,9-10,12-13,15-17H2,1-2H3;1H. The van der Waals surface area contributed by atoms with Crippen LogP contribution in [0.15, 0.2) is 42.6 Å². The maximum atomic E-state index is 13.0. The predicted octanol–water partition coefficient (Wildman–Crippen LogP) is 3.35. The lowest BCUT2D eigenvalue weighted by Gasteiger charge is -2.41. The number of likely N-dealkylation sites (tertiary alicyclic amines) is 1. The van der Waals surface area contributed by atoms with E-state index in [0.717, 1.165) is 51.9 Å². The van der Waals surface area contributed by atoms with Crippen LogP contribution in [0.25, 0.3) is 0 Å². The molecule has 0 bridgehead atoms. The first-order valence-corrected chi connectivity index (χ1v) is 10.9. The topological polar surface area (TPSA) is 53.4 Å². The monoisotopic (exact) mass is 431 g/mol. The van der Waals surface area contributed by atoms with E-state index in [0.29, 0.717) is 17.8 Å². The molecule has 2 aromatic rings. The number of nitrogens with one attached hydrogen (secondary N) is 1. The number of hydrogen-bond donors (Lipinski definition) is 1. The van der Waals surface area contributed by atoms with E-state index in [4.69, 9.17) is 0 Å². The van der Waals surface area contributed by atoms with Crippen molar-refractivity contribution in [3.05, 3.63) is 53.9 Å². The fourth-order valence-electron chi connectivity index (χ4n) is 4.66. The Hall–Kier alpha value is -1.89. The van der Waals surface area contributed by atoms with Gasteiger partial charge in [0.25, 0.3) is 5.91 Å². The Bertz CT molecular complexity index is 805. The predicted molar refractivity (Wildman–Crippen MR) is 122 cm³/mol. The summed E-state index contributed by atoms with van der Waals surface area (Å²) in [7, 11) is 1.94. The third-order valence-electron chi connectivity index (χ3n) is 6.56. The first-order chi connectivity index (χ1) is 14.1. The number of halogens is 1. The lowest BCUT2D eigenvalue weighted by molar-refractivity contribution is 0.0532. The van der Waals surface area contributed by atoms with Crippen molar-refractivity contribution >= 4 is 18.3 Å². The highest BCUT2D eigenvalue weighted by Gasteiger charge is 2.31. The molecule has 30 heavy (non-hydrogen) atoms. The zero-order valence-corrected chi connectivity index (χ0v) is 18.9. The molecule has 0 saturated carbocycles. The molecule has 1 aromatic heterocycles. The van der Waals surface area contributed by atoms with Gasteiger partial charge in [-0.25, -0.2) is 0 Å². The van der Waals surface area contributed by atoms with Crippen molar-refractivity contribution in [2.24, 2.45) is 0 Å². The third kappa shape index (κ3) is 5.23. The van der Waals surface area contributed by atoms with E-state index in [1.807, 2.05) is 28.9 Å². The number of aromatic nitrogens is 2. The Labute approximate surface area is 186 Å². The second-order valence-corrected chi connectivity index (χ2v) is 8.58. The number of carbonyl (C=O) groups is 1. The van der Waals surface area contributed by atoms with Crippen LogP contribution >= 0.6 is 12.4 Å². The molecule has 3 heterocycles. The molecule has 1 aromatic carbocycles. The van der Waals surface area contributed by atoms with E-state index in [-0.39, 0.29) is 24.4 Å². The average Bonchev–Trinajstić information content (AvgIpc) is 3.26. The van der Waals surface area contributed by atoms with E-state index < -0.39 is 0 Å². The highest BCUT2D eigenvalue weighted by molar-refractivity contribution is 5.92. The molecule has 0 aliphatic carbocycles. The van der Waals surface area contributed by atoms with Gasteiger partial charge in [0.2, 0.25) is 0 Å². The van der Waals surface area contributed by atoms with Gasteiger partial charge >= 0.3 is 0 Å². The number of piperidine rings is 2. The van der Waals surface area contributed by atoms with Crippen LogP contribution in [0.3, 0.4) is 0 Å². The van der Waals surface area contributed by atoms with Gasteiger partial charge in [-0.3, -0.25) is 14.4 Å². The van der Waals surface area contributed by atoms with Crippen LogP contribution in [0, 0.1) is 0 Å². The van der Waals surface area contributed by atoms with Crippen molar-refractivity contribution in [2.45, 2.75) is 57.3 Å². The fourth-order valence-corrected chi connectivity index (χ4v) is 4.66. The van der Waals surface area contributed by atoms with E-state index in [1.54, 1.807) is 0 Å². The Morgan fingerprint density at radius 1 is 1.23 bits per heavy atom. The first-order valence-electron chi connectivity index (χ1n) is 10.9. The van der Waals surface area contributed by atoms with Crippen molar-refractivity contribution in [1.82, 2.24) is 24.9 Å². The summed E-state index contributed by atoms with van der Waals surface area (Å²) in [5.74, 6) is 0.0428. The molecule has 1 amide bonds. The highest BCUT2D eigenvalue weighted by atomic mass is 35.5. The molecule has 7 heteroatoms. The number of nitrogens with zero attached hydrogens (tertiary/aromatic N) is 4. The molecule has 164 valence electrons. The maximum Gasteiger partial charge on any atom is 0.274 e. The molecule has 2 aliphatic rings. The minimum atomic E-state index is 0. The van der Waals surface area contributed by atoms with Crippen molar-refractivity contribution < 1.29 is 4.79 Å². The summed E-state index contributed by atoms with van der Waals surface area (Å²) in [6.45, 7) is 6.28. The summed E-state index contributed by atoms with van der Waals surface area (Å²) in [4.78, 5) is 17.5. The normalized spacial score (nSPS) is 24.8. The summed E-state index contributed by atoms with van der Waals surface area (Å²) in [6.07, 6.45) is 6.25. The lowest BCUT2D eigenvalue weighted by atomic mass is 9.96. The smallest absolute Gasteiger partial charge is 0.274 e. The van der Waals surface area contributed by atoms with E-state index in [2.05, 4.69) is 52.6 Å². The van der Waals surface area contributed by atoms with Crippen molar-refractivity contribution in [2.75, 3.05) is 26.7 Å². The molecule has 2 fully saturated rings. The number of rotatable bonds is 5. The second kappa shape index (κ2) is 10.4. The van der Waals surface area contributed by atoms with Crippen LogP contribution in [-0.2, 0) is 6.54 Å². The number of amides is 1.